The minimum atomic E-state index is -0.242. The number of aromatic nitrogens is 2. The summed E-state index contributed by atoms with van der Waals surface area (Å²) in [4.78, 5) is 38.1. The molecule has 0 unspecified atom stereocenters. The number of anilines is 1. The van der Waals surface area contributed by atoms with E-state index in [9.17, 15) is 14.4 Å². The van der Waals surface area contributed by atoms with Crippen LogP contribution in [-0.2, 0) is 20.8 Å². The van der Waals surface area contributed by atoms with Crippen LogP contribution in [0.5, 0.6) is 0 Å². The van der Waals surface area contributed by atoms with E-state index in [-0.39, 0.29) is 42.5 Å². The maximum Gasteiger partial charge on any atom is 0.233 e. The van der Waals surface area contributed by atoms with Crippen molar-refractivity contribution < 1.29 is 14.4 Å². The van der Waals surface area contributed by atoms with Crippen LogP contribution in [0.2, 0.25) is 0 Å². The van der Waals surface area contributed by atoms with Gasteiger partial charge in [0.05, 0.1) is 11.8 Å². The third-order valence-electron chi connectivity index (χ3n) is 4.95. The summed E-state index contributed by atoms with van der Waals surface area (Å²) in [5.41, 5.74) is 0. The first-order valence-corrected chi connectivity index (χ1v) is 9.89. The number of rotatable bonds is 7. The van der Waals surface area contributed by atoms with Gasteiger partial charge in [0.25, 0.3) is 0 Å². The highest BCUT2D eigenvalue weighted by molar-refractivity contribution is 7.15. The molecule has 2 aliphatic rings. The second kappa shape index (κ2) is 8.03. The largest absolute Gasteiger partial charge is 0.300 e. The molecule has 8 heteroatoms. The number of fused-ring (bicyclic) bond motifs is 1. The Kier molecular flexibility index (Phi) is 5.78. The molecule has 1 aromatic heterocycles. The number of hydrogen-bond acceptors (Lipinski definition) is 6. The van der Waals surface area contributed by atoms with Crippen LogP contribution in [0.4, 0.5) is 5.13 Å². The van der Waals surface area contributed by atoms with Crippen molar-refractivity contribution in [2.45, 2.75) is 58.3 Å². The van der Waals surface area contributed by atoms with Crippen molar-refractivity contribution in [3.63, 3.8) is 0 Å². The summed E-state index contributed by atoms with van der Waals surface area (Å²) in [5.74, 6) is -0.753. The Labute approximate surface area is 151 Å². The predicted octanol–water partition coefficient (Wildman–Crippen LogP) is 2.38. The molecule has 0 aromatic carbocycles. The molecule has 3 amide bonds. The van der Waals surface area contributed by atoms with Gasteiger partial charge in [0.2, 0.25) is 22.9 Å². The minimum absolute atomic E-state index is 0.0970. The number of carbonyl (C=O) groups excluding carboxylic acids is 3. The van der Waals surface area contributed by atoms with Gasteiger partial charge in [-0.1, -0.05) is 37.5 Å². The van der Waals surface area contributed by atoms with E-state index in [4.69, 9.17) is 0 Å². The second-order valence-electron chi connectivity index (χ2n) is 6.73. The summed E-state index contributed by atoms with van der Waals surface area (Å²) in [6.07, 6.45) is 6.69. The van der Waals surface area contributed by atoms with E-state index in [2.05, 4.69) is 22.4 Å². The van der Waals surface area contributed by atoms with Crippen LogP contribution in [-0.4, -0.2) is 39.4 Å². The highest BCUT2D eigenvalue weighted by Gasteiger charge is 2.47. The Bertz CT molecular complexity index is 636. The predicted molar refractivity (Wildman–Crippen MR) is 93.9 cm³/mol. The fraction of sp³-hybridized carbons (Fsp3) is 0.706. The molecule has 1 N–H and O–H groups in total. The molecular weight excluding hydrogens is 340 g/mol. The minimum Gasteiger partial charge on any atom is -0.300 e. The standard InChI is InChI=1S/C17H24N4O3S/c1-2-3-8-14-19-20-17(25-14)18-13(22)9-10-21-15(23)11-6-4-5-7-12(11)16(21)24/h11-12H,2-10H2,1H3,(H,18,20,22)/t11-,12-/m0/s1. The number of likely N-dealkylation sites (tertiary alicyclic amines) is 1. The maximum atomic E-state index is 12.4. The lowest BCUT2D eigenvalue weighted by atomic mass is 9.81. The van der Waals surface area contributed by atoms with Crippen LogP contribution >= 0.6 is 11.3 Å². The Morgan fingerprint density at radius 2 is 1.88 bits per heavy atom. The zero-order chi connectivity index (χ0) is 17.8. The van der Waals surface area contributed by atoms with Crippen molar-refractivity contribution in [1.29, 1.82) is 0 Å². The van der Waals surface area contributed by atoms with Crippen molar-refractivity contribution >= 4 is 34.2 Å². The average Bonchev–Trinajstić information content (AvgIpc) is 3.15. The van der Waals surface area contributed by atoms with Gasteiger partial charge in [0.15, 0.2) is 0 Å². The summed E-state index contributed by atoms with van der Waals surface area (Å²) >= 11 is 1.38. The Hall–Kier alpha value is -1.83. The lowest BCUT2D eigenvalue weighted by Crippen LogP contribution is -2.34. The lowest BCUT2D eigenvalue weighted by molar-refractivity contribution is -0.140. The summed E-state index contributed by atoms with van der Waals surface area (Å²) < 4.78 is 0. The van der Waals surface area contributed by atoms with E-state index in [1.54, 1.807) is 0 Å². The van der Waals surface area contributed by atoms with E-state index in [1.807, 2.05) is 0 Å². The van der Waals surface area contributed by atoms with E-state index >= 15 is 0 Å². The van der Waals surface area contributed by atoms with Crippen LogP contribution in [0.15, 0.2) is 0 Å². The third-order valence-corrected chi connectivity index (χ3v) is 5.85. The van der Waals surface area contributed by atoms with Crippen LogP contribution in [0.3, 0.4) is 0 Å². The van der Waals surface area contributed by atoms with E-state index in [0.717, 1.165) is 50.0 Å². The van der Waals surface area contributed by atoms with Gasteiger partial charge in [0.1, 0.15) is 5.01 Å². The van der Waals surface area contributed by atoms with E-state index in [1.165, 1.54) is 16.2 Å². The van der Waals surface area contributed by atoms with Gasteiger partial charge >= 0.3 is 0 Å². The normalized spacial score (nSPS) is 23.0. The summed E-state index contributed by atoms with van der Waals surface area (Å²) in [5, 5.41) is 12.1. The van der Waals surface area contributed by atoms with Gasteiger partial charge in [-0.15, -0.1) is 10.2 Å². The summed E-state index contributed by atoms with van der Waals surface area (Å²) in [6, 6.07) is 0. The molecule has 0 radical (unpaired) electrons. The van der Waals surface area contributed by atoms with Gasteiger partial charge in [-0.2, -0.15) is 0 Å². The van der Waals surface area contributed by atoms with Crippen molar-refractivity contribution in [2.24, 2.45) is 11.8 Å². The number of amides is 3. The number of unbranched alkanes of at least 4 members (excludes halogenated alkanes) is 1. The Balaban J connectivity index is 1.49. The highest BCUT2D eigenvalue weighted by Crippen LogP contribution is 2.37. The van der Waals surface area contributed by atoms with Gasteiger partial charge in [-0.05, 0) is 19.3 Å². The lowest BCUT2D eigenvalue weighted by Gasteiger charge is -2.19. The number of nitrogens with one attached hydrogen (secondary N) is 1. The molecule has 1 aliphatic heterocycles. The molecular formula is C17H24N4O3S. The molecule has 7 nitrogen and oxygen atoms in total. The van der Waals surface area contributed by atoms with Crippen molar-refractivity contribution in [1.82, 2.24) is 15.1 Å². The Morgan fingerprint density at radius 1 is 1.20 bits per heavy atom. The first kappa shape index (κ1) is 18.0. The monoisotopic (exact) mass is 364 g/mol. The molecule has 1 saturated heterocycles. The van der Waals surface area contributed by atoms with Crippen molar-refractivity contribution in [3.8, 4) is 0 Å². The average molecular weight is 364 g/mol. The van der Waals surface area contributed by atoms with Crippen LogP contribution in [0, 0.1) is 11.8 Å². The van der Waals surface area contributed by atoms with Crippen LogP contribution < -0.4 is 5.32 Å². The topological polar surface area (TPSA) is 92.3 Å². The number of carbonyl (C=O) groups is 3. The second-order valence-corrected chi connectivity index (χ2v) is 7.79. The number of imide groups is 1. The molecule has 25 heavy (non-hydrogen) atoms. The third kappa shape index (κ3) is 4.05. The molecule has 1 aliphatic carbocycles. The number of hydrogen-bond donors (Lipinski definition) is 1. The molecule has 0 bridgehead atoms. The molecule has 1 aromatic rings. The summed E-state index contributed by atoms with van der Waals surface area (Å²) in [6.45, 7) is 2.26. The van der Waals surface area contributed by atoms with Gasteiger partial charge in [-0.3, -0.25) is 19.3 Å². The molecule has 0 spiro atoms. The maximum absolute atomic E-state index is 12.4. The smallest absolute Gasteiger partial charge is 0.233 e. The van der Waals surface area contributed by atoms with E-state index in [0.29, 0.717) is 5.13 Å². The quantitative estimate of drug-likeness (QED) is 0.750. The zero-order valence-electron chi connectivity index (χ0n) is 14.5. The molecule has 1 saturated carbocycles. The number of aryl methyl sites for hydroxylation is 1. The molecule has 136 valence electrons. The first-order valence-electron chi connectivity index (χ1n) is 9.07. The van der Waals surface area contributed by atoms with Gasteiger partial charge in [-0.25, -0.2) is 0 Å². The Morgan fingerprint density at radius 3 is 2.52 bits per heavy atom. The van der Waals surface area contributed by atoms with Crippen molar-refractivity contribution in [2.75, 3.05) is 11.9 Å². The van der Waals surface area contributed by atoms with Crippen LogP contribution in [0.1, 0.15) is 56.9 Å². The van der Waals surface area contributed by atoms with Crippen molar-refractivity contribution in [3.05, 3.63) is 5.01 Å². The molecule has 2 heterocycles. The number of nitrogens with zero attached hydrogens (tertiary/aromatic N) is 3. The molecule has 2 atom stereocenters. The van der Waals surface area contributed by atoms with E-state index < -0.39 is 0 Å². The zero-order valence-corrected chi connectivity index (χ0v) is 15.3. The SMILES string of the molecule is CCCCc1nnc(NC(=O)CCN2C(=O)[C@H]3CCCC[C@@H]3C2=O)s1. The highest BCUT2D eigenvalue weighted by atomic mass is 32.1. The summed E-state index contributed by atoms with van der Waals surface area (Å²) in [7, 11) is 0. The van der Waals surface area contributed by atoms with Gasteiger partial charge < -0.3 is 5.32 Å². The molecule has 3 rings (SSSR count). The molecule has 2 fully saturated rings. The fourth-order valence-electron chi connectivity index (χ4n) is 3.58. The fourth-order valence-corrected chi connectivity index (χ4v) is 4.38. The first-order chi connectivity index (χ1) is 12.1. The van der Waals surface area contributed by atoms with Crippen LogP contribution in [0.25, 0.3) is 0 Å². The van der Waals surface area contributed by atoms with Gasteiger partial charge in [0, 0.05) is 19.4 Å².